The number of thiazole rings is 1. The summed E-state index contributed by atoms with van der Waals surface area (Å²) in [5.74, 6) is -0.434. The van der Waals surface area contributed by atoms with Gasteiger partial charge >= 0.3 is 6.03 Å². The zero-order valence-corrected chi connectivity index (χ0v) is 25.2. The molecule has 2 N–H and O–H groups in total. The van der Waals surface area contributed by atoms with Crippen LogP contribution in [0.2, 0.25) is 4.34 Å². The molecule has 220 valence electrons. The average Bonchev–Trinajstić information content (AvgIpc) is 3.38. The molecular formula is C32H27ClFN4O3S2-. The normalized spacial score (nSPS) is 11.8. The Morgan fingerprint density at radius 3 is 2.21 bits per heavy atom. The van der Waals surface area contributed by atoms with Gasteiger partial charge in [-0.1, -0.05) is 114 Å². The molecule has 0 aliphatic heterocycles. The smallest absolute Gasteiger partial charge is 0.328 e. The first-order chi connectivity index (χ1) is 20.9. The molecule has 11 heteroatoms. The Morgan fingerprint density at radius 1 is 0.953 bits per heavy atom. The highest BCUT2D eigenvalue weighted by atomic mass is 35.5. The molecule has 1 unspecified atom stereocenters. The number of rotatable bonds is 11. The van der Waals surface area contributed by atoms with Crippen molar-refractivity contribution in [3.63, 3.8) is 0 Å². The van der Waals surface area contributed by atoms with Crippen LogP contribution < -0.4 is 14.9 Å². The van der Waals surface area contributed by atoms with Gasteiger partial charge in [0.25, 0.3) is 0 Å². The Hall–Kier alpha value is -3.93. The summed E-state index contributed by atoms with van der Waals surface area (Å²) in [4.78, 5) is 19.8. The third-order valence-electron chi connectivity index (χ3n) is 6.83. The van der Waals surface area contributed by atoms with Crippen molar-refractivity contribution in [2.75, 3.05) is 16.8 Å². The molecular weight excluding hydrogens is 607 g/mol. The number of aromatic nitrogens is 1. The fourth-order valence-electron chi connectivity index (χ4n) is 4.76. The van der Waals surface area contributed by atoms with E-state index in [9.17, 15) is 17.9 Å². The molecule has 43 heavy (non-hydrogen) atoms. The van der Waals surface area contributed by atoms with Crippen LogP contribution in [-0.2, 0) is 17.8 Å². The van der Waals surface area contributed by atoms with Crippen LogP contribution in [0, 0.1) is 5.82 Å². The molecule has 0 spiro atoms. The van der Waals surface area contributed by atoms with E-state index in [-0.39, 0.29) is 12.5 Å². The van der Waals surface area contributed by atoms with Crippen molar-refractivity contribution in [2.45, 2.75) is 18.9 Å². The standard InChI is InChI=1S/C32H28ClFN4O3S2/c33-30-29(25-16-14-22(15-17-25)21-35-43(40)41)36-31(42-30)37-32(39)38(27-13-7-12-26(34)20-27)19-18-28(23-8-3-1-4-9-23)24-10-5-2-6-11-24/h1-17,20,28,35H,18-19,21H2,(H,40,41)(H,36,37,39)/p-1. The Bertz CT molecular complexity index is 1650. The second kappa shape index (κ2) is 14.5. The molecule has 0 saturated carbocycles. The fourth-order valence-corrected chi connectivity index (χ4v) is 6.12. The van der Waals surface area contributed by atoms with E-state index in [1.54, 1.807) is 36.4 Å². The summed E-state index contributed by atoms with van der Waals surface area (Å²) in [5.41, 5.74) is 4.62. The summed E-state index contributed by atoms with van der Waals surface area (Å²) in [6.07, 6.45) is 0.586. The number of carbonyl (C=O) groups is 1. The van der Waals surface area contributed by atoms with Crippen molar-refractivity contribution in [1.29, 1.82) is 0 Å². The second-order valence-electron chi connectivity index (χ2n) is 9.62. The molecule has 0 fully saturated rings. The molecule has 1 atom stereocenters. The lowest BCUT2D eigenvalue weighted by Crippen LogP contribution is -2.36. The second-order valence-corrected chi connectivity index (χ2v) is 12.0. The predicted octanol–water partition coefficient (Wildman–Crippen LogP) is 7.75. The molecule has 4 aromatic carbocycles. The summed E-state index contributed by atoms with van der Waals surface area (Å²) in [6, 6.07) is 32.7. The van der Waals surface area contributed by atoms with Gasteiger partial charge in [0.15, 0.2) is 5.13 Å². The minimum atomic E-state index is -2.35. The minimum Gasteiger partial charge on any atom is -0.760 e. The van der Waals surface area contributed by atoms with Gasteiger partial charge in [-0.15, -0.1) is 0 Å². The van der Waals surface area contributed by atoms with E-state index in [1.165, 1.54) is 17.0 Å². The lowest BCUT2D eigenvalue weighted by Gasteiger charge is -2.26. The minimum absolute atomic E-state index is 0.0129. The van der Waals surface area contributed by atoms with Crippen molar-refractivity contribution in [2.24, 2.45) is 0 Å². The van der Waals surface area contributed by atoms with Gasteiger partial charge in [0, 0.05) is 41.5 Å². The molecule has 7 nitrogen and oxygen atoms in total. The fraction of sp³-hybridized carbons (Fsp3) is 0.125. The van der Waals surface area contributed by atoms with Crippen molar-refractivity contribution in [3.8, 4) is 11.3 Å². The van der Waals surface area contributed by atoms with Gasteiger partial charge < -0.3 is 4.55 Å². The number of urea groups is 1. The lowest BCUT2D eigenvalue weighted by molar-refractivity contribution is 0.256. The van der Waals surface area contributed by atoms with E-state index < -0.39 is 23.1 Å². The number of halogens is 2. The zero-order chi connectivity index (χ0) is 30.2. The molecule has 1 aromatic heterocycles. The van der Waals surface area contributed by atoms with Crippen LogP contribution in [0.5, 0.6) is 0 Å². The summed E-state index contributed by atoms with van der Waals surface area (Å²) in [6.45, 7) is 0.465. The highest BCUT2D eigenvalue weighted by Gasteiger charge is 2.22. The summed E-state index contributed by atoms with van der Waals surface area (Å²) in [7, 11) is 0. The molecule has 5 rings (SSSR count). The maximum Gasteiger partial charge on any atom is 0.328 e. The number of carbonyl (C=O) groups excluding carboxylic acids is 1. The molecule has 0 aliphatic rings. The number of amides is 2. The monoisotopic (exact) mass is 633 g/mol. The van der Waals surface area contributed by atoms with Gasteiger partial charge in [0.1, 0.15) is 15.8 Å². The van der Waals surface area contributed by atoms with E-state index >= 15 is 0 Å². The van der Waals surface area contributed by atoms with Crippen molar-refractivity contribution >= 4 is 51.1 Å². The number of nitrogens with one attached hydrogen (secondary N) is 2. The first-order valence-corrected chi connectivity index (χ1v) is 15.7. The van der Waals surface area contributed by atoms with E-state index in [4.69, 9.17) is 11.6 Å². The largest absolute Gasteiger partial charge is 0.760 e. The van der Waals surface area contributed by atoms with Gasteiger partial charge in [0.05, 0.1) is 0 Å². The van der Waals surface area contributed by atoms with Gasteiger partial charge in [-0.25, -0.2) is 18.9 Å². The third kappa shape index (κ3) is 8.13. The molecule has 0 saturated heterocycles. The molecule has 1 heterocycles. The number of nitrogens with zero attached hydrogens (tertiary/aromatic N) is 2. The van der Waals surface area contributed by atoms with Crippen LogP contribution in [0.1, 0.15) is 29.0 Å². The molecule has 5 aromatic rings. The first kappa shape index (κ1) is 30.5. The van der Waals surface area contributed by atoms with Crippen molar-refractivity contribution in [1.82, 2.24) is 9.71 Å². The van der Waals surface area contributed by atoms with Crippen molar-refractivity contribution < 1.29 is 17.9 Å². The van der Waals surface area contributed by atoms with Gasteiger partial charge in [-0.05, 0) is 41.3 Å². The van der Waals surface area contributed by atoms with E-state index in [0.29, 0.717) is 39.4 Å². The van der Waals surface area contributed by atoms with Crippen molar-refractivity contribution in [3.05, 3.63) is 136 Å². The van der Waals surface area contributed by atoms with Crippen LogP contribution in [0.25, 0.3) is 11.3 Å². The van der Waals surface area contributed by atoms with Gasteiger partial charge in [-0.3, -0.25) is 14.4 Å². The number of anilines is 2. The maximum absolute atomic E-state index is 14.3. The first-order valence-electron chi connectivity index (χ1n) is 13.4. The maximum atomic E-state index is 14.3. The molecule has 0 bridgehead atoms. The lowest BCUT2D eigenvalue weighted by atomic mass is 9.88. The Morgan fingerprint density at radius 2 is 1.60 bits per heavy atom. The number of hydrogen-bond acceptors (Lipinski definition) is 5. The van der Waals surface area contributed by atoms with Crippen LogP contribution in [-0.4, -0.2) is 26.3 Å². The molecule has 0 aliphatic carbocycles. The quantitative estimate of drug-likeness (QED) is 0.145. The van der Waals surface area contributed by atoms with Gasteiger partial charge in [0.2, 0.25) is 0 Å². The Labute approximate surface area is 260 Å². The highest BCUT2D eigenvalue weighted by Crippen LogP contribution is 2.36. The Balaban J connectivity index is 1.36. The number of benzene rings is 4. The van der Waals surface area contributed by atoms with E-state index in [1.807, 2.05) is 36.4 Å². The topological polar surface area (TPSA) is 97.4 Å². The third-order valence-corrected chi connectivity index (χ3v) is 8.38. The van der Waals surface area contributed by atoms with E-state index in [2.05, 4.69) is 39.3 Å². The Kier molecular flexibility index (Phi) is 10.3. The number of hydrogen-bond donors (Lipinski definition) is 2. The predicted molar refractivity (Wildman–Crippen MR) is 170 cm³/mol. The van der Waals surface area contributed by atoms with Crippen LogP contribution in [0.4, 0.5) is 20.0 Å². The molecule has 2 amide bonds. The average molecular weight is 634 g/mol. The summed E-state index contributed by atoms with van der Waals surface area (Å²) < 4.78 is 38.5. The van der Waals surface area contributed by atoms with E-state index in [0.717, 1.165) is 28.0 Å². The zero-order valence-electron chi connectivity index (χ0n) is 22.8. The molecule has 0 radical (unpaired) electrons. The summed E-state index contributed by atoms with van der Waals surface area (Å²) in [5, 5.41) is 3.14. The highest BCUT2D eigenvalue weighted by molar-refractivity contribution is 7.77. The van der Waals surface area contributed by atoms with Crippen LogP contribution in [0.15, 0.2) is 109 Å². The SMILES string of the molecule is O=C(Nc1nc(-c2ccc(CNS(=O)[O-])cc2)c(Cl)s1)N(CCC(c1ccccc1)c1ccccc1)c1cccc(F)c1. The van der Waals surface area contributed by atoms with Gasteiger partial charge in [-0.2, -0.15) is 0 Å². The van der Waals surface area contributed by atoms with Crippen LogP contribution >= 0.6 is 22.9 Å². The summed E-state index contributed by atoms with van der Waals surface area (Å²) >= 11 is 5.27. The van der Waals surface area contributed by atoms with Crippen LogP contribution in [0.3, 0.4) is 0 Å².